The second-order valence-electron chi connectivity index (χ2n) is 3.59. The Balaban J connectivity index is 3.44. The fraction of sp³-hybridized carbons (Fsp3) is 0.900. The van der Waals surface area contributed by atoms with Gasteiger partial charge in [-0.25, -0.2) is 0 Å². The summed E-state index contributed by atoms with van der Waals surface area (Å²) in [4.78, 5) is 11.1. The van der Waals surface area contributed by atoms with Crippen LogP contribution in [0.3, 0.4) is 0 Å². The van der Waals surface area contributed by atoms with Crippen molar-refractivity contribution in [2.45, 2.75) is 53.1 Å². The molecule has 0 aliphatic heterocycles. The molecule has 1 atom stereocenters. The smallest absolute Gasteiger partial charge is 0.306 e. The maximum Gasteiger partial charge on any atom is 0.306 e. The Morgan fingerprint density at radius 3 is 2.33 bits per heavy atom. The van der Waals surface area contributed by atoms with E-state index in [-0.39, 0.29) is 12.1 Å². The lowest BCUT2D eigenvalue weighted by Crippen LogP contribution is -2.12. The van der Waals surface area contributed by atoms with Gasteiger partial charge in [0.2, 0.25) is 0 Å². The lowest BCUT2D eigenvalue weighted by atomic mass is 10.0. The van der Waals surface area contributed by atoms with Crippen molar-refractivity contribution in [1.82, 2.24) is 0 Å². The molecule has 0 radical (unpaired) electrons. The van der Waals surface area contributed by atoms with Crippen LogP contribution in [0, 0.1) is 5.92 Å². The molecule has 0 saturated carbocycles. The van der Waals surface area contributed by atoms with E-state index >= 15 is 0 Å². The van der Waals surface area contributed by atoms with Crippen molar-refractivity contribution in [3.63, 3.8) is 0 Å². The summed E-state index contributed by atoms with van der Waals surface area (Å²) in [5, 5.41) is 0. The van der Waals surface area contributed by atoms with Crippen molar-refractivity contribution in [2.75, 3.05) is 0 Å². The minimum atomic E-state index is -0.0645. The van der Waals surface area contributed by atoms with Crippen LogP contribution >= 0.6 is 0 Å². The Labute approximate surface area is 75.3 Å². The highest BCUT2D eigenvalue weighted by molar-refractivity contribution is 5.69. The Kier molecular flexibility index (Phi) is 5.77. The molecule has 0 aliphatic carbocycles. The summed E-state index contributed by atoms with van der Waals surface area (Å²) in [7, 11) is 0. The number of rotatable bonds is 5. The molecule has 0 spiro atoms. The first-order chi connectivity index (χ1) is 5.56. The molecule has 72 valence electrons. The average Bonchev–Trinajstić information content (AvgIpc) is 1.99. The summed E-state index contributed by atoms with van der Waals surface area (Å²) >= 11 is 0. The lowest BCUT2D eigenvalue weighted by Gasteiger charge is -2.09. The van der Waals surface area contributed by atoms with Crippen LogP contribution in [-0.2, 0) is 9.53 Å². The lowest BCUT2D eigenvalue weighted by molar-refractivity contribution is -0.147. The van der Waals surface area contributed by atoms with E-state index in [2.05, 4.69) is 13.8 Å². The number of ether oxygens (including phenoxy) is 1. The molecule has 2 heteroatoms. The molecule has 0 rings (SSSR count). The summed E-state index contributed by atoms with van der Waals surface area (Å²) < 4.78 is 5.01. The quantitative estimate of drug-likeness (QED) is 0.596. The van der Waals surface area contributed by atoms with Crippen LogP contribution in [0.4, 0.5) is 0 Å². The van der Waals surface area contributed by atoms with Gasteiger partial charge < -0.3 is 4.74 Å². The highest BCUT2D eigenvalue weighted by Gasteiger charge is 2.07. The maximum atomic E-state index is 11.1. The van der Waals surface area contributed by atoms with Gasteiger partial charge in [0.1, 0.15) is 0 Å². The molecule has 0 N–H and O–H groups in total. The van der Waals surface area contributed by atoms with E-state index in [9.17, 15) is 4.79 Å². The first kappa shape index (κ1) is 11.5. The predicted octanol–water partition coefficient (Wildman–Crippen LogP) is 2.76. The fourth-order valence-corrected chi connectivity index (χ4v) is 0.890. The molecule has 0 amide bonds. The summed E-state index contributed by atoms with van der Waals surface area (Å²) in [5.41, 5.74) is 0. The van der Waals surface area contributed by atoms with Gasteiger partial charge in [0, 0.05) is 6.42 Å². The summed E-state index contributed by atoms with van der Waals surface area (Å²) in [6, 6.07) is 0. The third-order valence-electron chi connectivity index (χ3n) is 1.91. The fourth-order valence-electron chi connectivity index (χ4n) is 0.890. The normalized spacial score (nSPS) is 13.1. The Hall–Kier alpha value is -0.530. The Morgan fingerprint density at radius 1 is 1.33 bits per heavy atom. The van der Waals surface area contributed by atoms with E-state index in [1.54, 1.807) is 0 Å². The zero-order valence-electron chi connectivity index (χ0n) is 8.59. The Morgan fingerprint density at radius 2 is 1.92 bits per heavy atom. The molecule has 0 aliphatic rings. The highest BCUT2D eigenvalue weighted by Crippen LogP contribution is 2.10. The maximum absolute atomic E-state index is 11.1. The number of hydrogen-bond donors (Lipinski definition) is 0. The zero-order chi connectivity index (χ0) is 9.56. The molecule has 12 heavy (non-hydrogen) atoms. The molecular weight excluding hydrogens is 152 g/mol. The minimum Gasteiger partial charge on any atom is -0.463 e. The number of esters is 1. The van der Waals surface area contributed by atoms with E-state index < -0.39 is 0 Å². The first-order valence-corrected chi connectivity index (χ1v) is 4.75. The topological polar surface area (TPSA) is 26.3 Å². The third kappa shape index (κ3) is 6.20. The Bertz CT molecular complexity index is 130. The molecule has 0 bridgehead atoms. The molecule has 0 heterocycles. The second kappa shape index (κ2) is 6.04. The highest BCUT2D eigenvalue weighted by atomic mass is 16.5. The third-order valence-corrected chi connectivity index (χ3v) is 1.91. The van der Waals surface area contributed by atoms with Gasteiger partial charge in [0.15, 0.2) is 0 Å². The van der Waals surface area contributed by atoms with Crippen molar-refractivity contribution >= 4 is 5.97 Å². The van der Waals surface area contributed by atoms with Gasteiger partial charge in [-0.05, 0) is 26.2 Å². The van der Waals surface area contributed by atoms with Crippen LogP contribution in [0.25, 0.3) is 0 Å². The van der Waals surface area contributed by atoms with Crippen LogP contribution in [0.5, 0.6) is 0 Å². The molecular formula is C10H20O2. The van der Waals surface area contributed by atoms with E-state index in [0.717, 1.165) is 12.8 Å². The number of carbonyl (C=O) groups is 1. The summed E-state index contributed by atoms with van der Waals surface area (Å²) in [6.07, 6.45) is 2.67. The molecule has 0 saturated heterocycles. The summed E-state index contributed by atoms with van der Waals surface area (Å²) in [6.45, 7) is 8.05. The largest absolute Gasteiger partial charge is 0.463 e. The van der Waals surface area contributed by atoms with Gasteiger partial charge in [-0.3, -0.25) is 4.79 Å². The van der Waals surface area contributed by atoms with Crippen molar-refractivity contribution in [2.24, 2.45) is 5.92 Å². The predicted molar refractivity (Wildman–Crippen MR) is 49.9 cm³/mol. The van der Waals surface area contributed by atoms with Crippen molar-refractivity contribution in [3.05, 3.63) is 0 Å². The van der Waals surface area contributed by atoms with Crippen LogP contribution < -0.4 is 0 Å². The van der Waals surface area contributed by atoms with E-state index in [4.69, 9.17) is 4.74 Å². The first-order valence-electron chi connectivity index (χ1n) is 4.75. The van der Waals surface area contributed by atoms with Crippen LogP contribution in [0.2, 0.25) is 0 Å². The monoisotopic (exact) mass is 172 g/mol. The molecule has 0 unspecified atom stereocenters. The number of carbonyl (C=O) groups excluding carboxylic acids is 1. The van der Waals surface area contributed by atoms with E-state index in [1.165, 1.54) is 0 Å². The zero-order valence-corrected chi connectivity index (χ0v) is 8.59. The molecule has 0 aromatic rings. The van der Waals surface area contributed by atoms with Gasteiger partial charge in [-0.2, -0.15) is 0 Å². The van der Waals surface area contributed by atoms with E-state index in [1.807, 2.05) is 13.8 Å². The molecule has 0 fully saturated rings. The average molecular weight is 172 g/mol. The van der Waals surface area contributed by atoms with Crippen molar-refractivity contribution in [1.29, 1.82) is 0 Å². The van der Waals surface area contributed by atoms with Gasteiger partial charge in [-0.1, -0.05) is 20.3 Å². The molecule has 0 aromatic heterocycles. The van der Waals surface area contributed by atoms with Crippen LogP contribution in [-0.4, -0.2) is 12.1 Å². The van der Waals surface area contributed by atoms with Crippen LogP contribution in [0.1, 0.15) is 47.0 Å². The van der Waals surface area contributed by atoms with Crippen molar-refractivity contribution < 1.29 is 9.53 Å². The van der Waals surface area contributed by atoms with Crippen LogP contribution in [0.15, 0.2) is 0 Å². The number of hydrogen-bond acceptors (Lipinski definition) is 2. The van der Waals surface area contributed by atoms with Gasteiger partial charge in [0.25, 0.3) is 0 Å². The van der Waals surface area contributed by atoms with Gasteiger partial charge in [-0.15, -0.1) is 0 Å². The second-order valence-corrected chi connectivity index (χ2v) is 3.59. The standard InChI is InChI=1S/C10H20O2/c1-5-9(4)6-7-10(11)12-8(2)3/h8-9H,5-7H2,1-4H3/t9-/m1/s1. The molecule has 0 aromatic carbocycles. The summed E-state index contributed by atoms with van der Waals surface area (Å²) in [5.74, 6) is 0.565. The van der Waals surface area contributed by atoms with Gasteiger partial charge >= 0.3 is 5.97 Å². The SMILES string of the molecule is CC[C@@H](C)CCC(=O)OC(C)C. The molecule has 2 nitrogen and oxygen atoms in total. The van der Waals surface area contributed by atoms with Crippen molar-refractivity contribution in [3.8, 4) is 0 Å². The minimum absolute atomic E-state index is 0.0226. The van der Waals surface area contributed by atoms with E-state index in [0.29, 0.717) is 12.3 Å². The van der Waals surface area contributed by atoms with Gasteiger partial charge in [0.05, 0.1) is 6.10 Å².